The van der Waals surface area contributed by atoms with E-state index in [0.29, 0.717) is 6.42 Å². The zero-order valence-electron chi connectivity index (χ0n) is 11.3. The Bertz CT molecular complexity index is 524. The fourth-order valence-electron chi connectivity index (χ4n) is 1.56. The van der Waals surface area contributed by atoms with Crippen LogP contribution in [0.3, 0.4) is 0 Å². The van der Waals surface area contributed by atoms with E-state index in [1.807, 2.05) is 13.8 Å². The van der Waals surface area contributed by atoms with E-state index in [-0.39, 0.29) is 23.9 Å². The fraction of sp³-hybridized carbons (Fsp3) is 0.400. The lowest BCUT2D eigenvalue weighted by Crippen LogP contribution is -2.24. The summed E-state index contributed by atoms with van der Waals surface area (Å²) in [4.78, 5) is 11.3. The summed E-state index contributed by atoms with van der Waals surface area (Å²) in [5, 5.41) is 2.55. The Morgan fingerprint density at radius 3 is 2.55 bits per heavy atom. The molecule has 1 N–H and O–H groups in total. The fourth-order valence-corrected chi connectivity index (χ4v) is 1.56. The van der Waals surface area contributed by atoms with Crippen LogP contribution in [-0.2, 0) is 11.0 Å². The summed E-state index contributed by atoms with van der Waals surface area (Å²) in [5.41, 5.74) is -0.848. The van der Waals surface area contributed by atoms with Gasteiger partial charge in [-0.2, -0.15) is 13.2 Å². The molecule has 0 aliphatic carbocycles. The monoisotopic (exact) mass is 283 g/mol. The summed E-state index contributed by atoms with van der Waals surface area (Å²) < 4.78 is 38.1. The zero-order chi connectivity index (χ0) is 15.2. The minimum atomic E-state index is -4.42. The maximum absolute atomic E-state index is 12.7. The number of alkyl halides is 3. The molecule has 0 aliphatic rings. The third kappa shape index (κ3) is 5.35. The van der Waals surface area contributed by atoms with Crippen LogP contribution < -0.4 is 5.32 Å². The largest absolute Gasteiger partial charge is 0.417 e. The molecule has 0 atom stereocenters. The van der Waals surface area contributed by atoms with Gasteiger partial charge in [-0.25, -0.2) is 0 Å². The van der Waals surface area contributed by atoms with Gasteiger partial charge in [-0.05, 0) is 18.1 Å². The smallest absolute Gasteiger partial charge is 0.345 e. The Labute approximate surface area is 116 Å². The first-order valence-electron chi connectivity index (χ1n) is 6.22. The van der Waals surface area contributed by atoms with Crippen LogP contribution in [0.5, 0.6) is 0 Å². The van der Waals surface area contributed by atoms with Gasteiger partial charge in [-0.3, -0.25) is 4.79 Å². The highest BCUT2D eigenvalue weighted by Gasteiger charge is 2.32. The highest BCUT2D eigenvalue weighted by molar-refractivity contribution is 5.76. The molecule has 1 amide bonds. The maximum atomic E-state index is 12.7. The van der Waals surface area contributed by atoms with Crippen LogP contribution in [0.25, 0.3) is 0 Å². The summed E-state index contributed by atoms with van der Waals surface area (Å²) in [6.07, 6.45) is -4.05. The third-order valence-electron chi connectivity index (χ3n) is 2.42. The molecule has 0 radical (unpaired) electrons. The van der Waals surface area contributed by atoms with Crippen molar-refractivity contribution in [2.45, 2.75) is 26.4 Å². The topological polar surface area (TPSA) is 29.1 Å². The van der Waals surface area contributed by atoms with Crippen molar-refractivity contribution in [3.8, 4) is 11.8 Å². The number of carbonyl (C=O) groups is 1. The first kappa shape index (κ1) is 16.1. The highest BCUT2D eigenvalue weighted by atomic mass is 19.4. The SMILES string of the molecule is CC(C)CC(=O)NCC#Cc1ccccc1C(F)(F)F. The maximum Gasteiger partial charge on any atom is 0.417 e. The van der Waals surface area contributed by atoms with Gasteiger partial charge in [-0.1, -0.05) is 37.8 Å². The van der Waals surface area contributed by atoms with Crippen molar-refractivity contribution in [3.05, 3.63) is 35.4 Å². The molecule has 0 bridgehead atoms. The summed E-state index contributed by atoms with van der Waals surface area (Å²) >= 11 is 0. The van der Waals surface area contributed by atoms with E-state index in [2.05, 4.69) is 17.2 Å². The molecule has 20 heavy (non-hydrogen) atoms. The number of benzene rings is 1. The molecule has 5 heteroatoms. The Hall–Kier alpha value is -1.96. The summed E-state index contributed by atoms with van der Waals surface area (Å²) in [6, 6.07) is 5.11. The van der Waals surface area contributed by atoms with E-state index in [0.717, 1.165) is 6.07 Å². The lowest BCUT2D eigenvalue weighted by molar-refractivity contribution is -0.137. The van der Waals surface area contributed by atoms with Gasteiger partial charge in [0.1, 0.15) is 0 Å². The molecule has 1 aromatic rings. The van der Waals surface area contributed by atoms with Gasteiger partial charge in [0.05, 0.1) is 12.1 Å². The molecule has 2 nitrogen and oxygen atoms in total. The van der Waals surface area contributed by atoms with E-state index < -0.39 is 11.7 Å². The van der Waals surface area contributed by atoms with E-state index in [1.54, 1.807) is 0 Å². The summed E-state index contributed by atoms with van der Waals surface area (Å²) in [6.45, 7) is 3.85. The van der Waals surface area contributed by atoms with E-state index in [1.165, 1.54) is 18.2 Å². The van der Waals surface area contributed by atoms with Gasteiger partial charge in [0, 0.05) is 12.0 Å². The molecule has 0 heterocycles. The number of rotatable bonds is 3. The van der Waals surface area contributed by atoms with Crippen LogP contribution in [0.2, 0.25) is 0 Å². The van der Waals surface area contributed by atoms with E-state index in [9.17, 15) is 18.0 Å². The minimum absolute atomic E-state index is 0.0394. The number of amides is 1. The van der Waals surface area contributed by atoms with Gasteiger partial charge in [0.2, 0.25) is 5.91 Å². The van der Waals surface area contributed by atoms with Crippen LogP contribution in [-0.4, -0.2) is 12.5 Å². The van der Waals surface area contributed by atoms with Crippen LogP contribution in [0, 0.1) is 17.8 Å². The van der Waals surface area contributed by atoms with Crippen molar-refractivity contribution in [1.82, 2.24) is 5.32 Å². The number of hydrogen-bond acceptors (Lipinski definition) is 1. The normalized spacial score (nSPS) is 10.9. The number of halogens is 3. The van der Waals surface area contributed by atoms with Crippen molar-refractivity contribution >= 4 is 5.91 Å². The molecule has 0 fully saturated rings. The van der Waals surface area contributed by atoms with Crippen LogP contribution in [0.15, 0.2) is 24.3 Å². The van der Waals surface area contributed by atoms with Crippen molar-refractivity contribution < 1.29 is 18.0 Å². The molecule has 0 aromatic heterocycles. The van der Waals surface area contributed by atoms with Crippen molar-refractivity contribution in [3.63, 3.8) is 0 Å². The predicted octanol–water partition coefficient (Wildman–Crippen LogP) is 3.22. The average molecular weight is 283 g/mol. The predicted molar refractivity (Wildman–Crippen MR) is 70.8 cm³/mol. The zero-order valence-corrected chi connectivity index (χ0v) is 11.3. The Kier molecular flexibility index (Phi) is 5.63. The van der Waals surface area contributed by atoms with E-state index in [4.69, 9.17) is 0 Å². The lowest BCUT2D eigenvalue weighted by atomic mass is 10.1. The van der Waals surface area contributed by atoms with E-state index >= 15 is 0 Å². The van der Waals surface area contributed by atoms with Gasteiger partial charge >= 0.3 is 6.18 Å². The quantitative estimate of drug-likeness (QED) is 0.848. The Morgan fingerprint density at radius 1 is 1.30 bits per heavy atom. The van der Waals surface area contributed by atoms with Crippen molar-refractivity contribution in [1.29, 1.82) is 0 Å². The molecule has 0 unspecified atom stereocenters. The van der Waals surface area contributed by atoms with Gasteiger partial charge < -0.3 is 5.32 Å². The molecular formula is C15H16F3NO. The minimum Gasteiger partial charge on any atom is -0.345 e. The molecule has 1 rings (SSSR count). The van der Waals surface area contributed by atoms with Crippen LogP contribution >= 0.6 is 0 Å². The third-order valence-corrected chi connectivity index (χ3v) is 2.42. The number of hydrogen-bond donors (Lipinski definition) is 1. The first-order valence-corrected chi connectivity index (χ1v) is 6.22. The molecule has 0 saturated carbocycles. The highest BCUT2D eigenvalue weighted by Crippen LogP contribution is 2.31. The van der Waals surface area contributed by atoms with Crippen LogP contribution in [0.4, 0.5) is 13.2 Å². The molecular weight excluding hydrogens is 267 g/mol. The van der Waals surface area contributed by atoms with Gasteiger partial charge in [0.25, 0.3) is 0 Å². The van der Waals surface area contributed by atoms with Gasteiger partial charge in [-0.15, -0.1) is 0 Å². The number of carbonyl (C=O) groups excluding carboxylic acids is 1. The average Bonchev–Trinajstić information content (AvgIpc) is 2.33. The standard InChI is InChI=1S/C15H16F3NO/c1-11(2)10-14(20)19-9-5-7-12-6-3-4-8-13(12)15(16,17)18/h3-4,6,8,11H,9-10H2,1-2H3,(H,19,20). The second-order valence-corrected chi connectivity index (χ2v) is 4.72. The Morgan fingerprint density at radius 2 is 1.95 bits per heavy atom. The second-order valence-electron chi connectivity index (χ2n) is 4.72. The van der Waals surface area contributed by atoms with Crippen LogP contribution in [0.1, 0.15) is 31.4 Å². The molecule has 0 saturated heterocycles. The van der Waals surface area contributed by atoms with Crippen molar-refractivity contribution in [2.24, 2.45) is 5.92 Å². The molecule has 1 aromatic carbocycles. The summed E-state index contributed by atoms with van der Waals surface area (Å²) in [5.74, 6) is 5.06. The van der Waals surface area contributed by atoms with Crippen molar-refractivity contribution in [2.75, 3.05) is 6.54 Å². The Balaban J connectivity index is 2.67. The summed E-state index contributed by atoms with van der Waals surface area (Å²) in [7, 11) is 0. The first-order chi connectivity index (χ1) is 9.30. The molecule has 0 spiro atoms. The number of nitrogens with one attached hydrogen (secondary N) is 1. The second kappa shape index (κ2) is 6.99. The van der Waals surface area contributed by atoms with Gasteiger partial charge in [0.15, 0.2) is 0 Å². The lowest BCUT2D eigenvalue weighted by Gasteiger charge is -2.08. The molecule has 108 valence electrons. The molecule has 0 aliphatic heterocycles.